The maximum Gasteiger partial charge on any atom is 0.255 e. The van der Waals surface area contributed by atoms with Crippen molar-refractivity contribution in [2.24, 2.45) is 0 Å². The number of para-hydroxylation sites is 2. The van der Waals surface area contributed by atoms with Crippen molar-refractivity contribution in [3.63, 3.8) is 0 Å². The van der Waals surface area contributed by atoms with Crippen molar-refractivity contribution in [2.75, 3.05) is 11.9 Å². The lowest BCUT2D eigenvalue weighted by molar-refractivity contribution is 0.102. The lowest BCUT2D eigenvalue weighted by atomic mass is 10.0. The average molecular weight is 418 g/mol. The van der Waals surface area contributed by atoms with Gasteiger partial charge in [-0.3, -0.25) is 4.79 Å². The summed E-state index contributed by atoms with van der Waals surface area (Å²) in [4.78, 5) is 12.9. The molecule has 0 aromatic heterocycles. The van der Waals surface area contributed by atoms with Crippen molar-refractivity contribution in [3.8, 4) is 11.5 Å². The Kier molecular flexibility index (Phi) is 7.71. The Balaban J connectivity index is 1.83. The first-order valence-electron chi connectivity index (χ1n) is 10.9. The van der Waals surface area contributed by atoms with E-state index in [0.29, 0.717) is 24.7 Å². The summed E-state index contributed by atoms with van der Waals surface area (Å²) in [6.07, 6.45) is 0.855. The maximum absolute atomic E-state index is 12.9. The zero-order valence-electron chi connectivity index (χ0n) is 18.8. The van der Waals surface area contributed by atoms with Crippen molar-refractivity contribution in [3.05, 3.63) is 89.0 Å². The molecule has 0 heterocycles. The Morgan fingerprint density at radius 1 is 0.871 bits per heavy atom. The number of anilines is 1. The average Bonchev–Trinajstić information content (AvgIpc) is 2.79. The van der Waals surface area contributed by atoms with E-state index in [1.54, 1.807) is 6.07 Å². The van der Waals surface area contributed by atoms with Gasteiger partial charge in [-0.2, -0.15) is 0 Å². The lowest BCUT2D eigenvalue weighted by Gasteiger charge is -2.16. The first-order valence-corrected chi connectivity index (χ1v) is 10.9. The van der Waals surface area contributed by atoms with Gasteiger partial charge in [0.05, 0.1) is 6.61 Å². The molecule has 0 spiro atoms. The SMILES string of the molecule is CCOc1ccc(C(=O)Nc2ccccc2CC)cc1COc1ccccc1C(C)C. The van der Waals surface area contributed by atoms with E-state index in [4.69, 9.17) is 9.47 Å². The third-order valence-electron chi connectivity index (χ3n) is 5.19. The van der Waals surface area contributed by atoms with E-state index >= 15 is 0 Å². The van der Waals surface area contributed by atoms with Crippen LogP contribution in [0.4, 0.5) is 5.69 Å². The van der Waals surface area contributed by atoms with Gasteiger partial charge in [0.15, 0.2) is 0 Å². The van der Waals surface area contributed by atoms with Crippen LogP contribution in [-0.2, 0) is 13.0 Å². The Labute approximate surface area is 185 Å². The standard InChI is InChI=1S/C27H31NO3/c1-5-20-11-7-9-13-24(20)28-27(29)21-15-16-25(30-6-2)22(17-21)18-31-26-14-10-8-12-23(26)19(3)4/h7-17,19H,5-6,18H2,1-4H3,(H,28,29). The van der Waals surface area contributed by atoms with E-state index in [1.807, 2.05) is 61.5 Å². The van der Waals surface area contributed by atoms with E-state index in [2.05, 4.69) is 32.2 Å². The molecule has 0 fully saturated rings. The van der Waals surface area contributed by atoms with Crippen molar-refractivity contribution in [1.82, 2.24) is 0 Å². The largest absolute Gasteiger partial charge is 0.493 e. The smallest absolute Gasteiger partial charge is 0.255 e. The number of amides is 1. The van der Waals surface area contributed by atoms with Gasteiger partial charge in [0.2, 0.25) is 0 Å². The fourth-order valence-electron chi connectivity index (χ4n) is 3.52. The maximum atomic E-state index is 12.9. The molecule has 0 aliphatic rings. The van der Waals surface area contributed by atoms with Gasteiger partial charge in [0.1, 0.15) is 18.1 Å². The number of carbonyl (C=O) groups excluding carboxylic acids is 1. The summed E-state index contributed by atoms with van der Waals surface area (Å²) in [5.41, 5.74) is 4.52. The summed E-state index contributed by atoms with van der Waals surface area (Å²) in [5.74, 6) is 1.80. The zero-order chi connectivity index (χ0) is 22.2. The third kappa shape index (κ3) is 5.66. The number of aryl methyl sites for hydroxylation is 1. The molecular weight excluding hydrogens is 386 g/mol. The Morgan fingerprint density at radius 3 is 2.35 bits per heavy atom. The molecule has 4 nitrogen and oxygen atoms in total. The van der Waals surface area contributed by atoms with E-state index < -0.39 is 0 Å². The van der Waals surface area contributed by atoms with Gasteiger partial charge < -0.3 is 14.8 Å². The molecule has 1 amide bonds. The summed E-state index contributed by atoms with van der Waals surface area (Å²) < 4.78 is 11.9. The van der Waals surface area contributed by atoms with Gasteiger partial charge in [-0.25, -0.2) is 0 Å². The summed E-state index contributed by atoms with van der Waals surface area (Å²) in [6, 6.07) is 21.4. The molecule has 4 heteroatoms. The molecule has 162 valence electrons. The number of benzene rings is 3. The van der Waals surface area contributed by atoms with Gasteiger partial charge in [-0.15, -0.1) is 0 Å². The quantitative estimate of drug-likeness (QED) is 0.426. The number of hydrogen-bond acceptors (Lipinski definition) is 3. The van der Waals surface area contributed by atoms with Gasteiger partial charge in [-0.05, 0) is 60.7 Å². The van der Waals surface area contributed by atoms with Crippen LogP contribution in [0.25, 0.3) is 0 Å². The van der Waals surface area contributed by atoms with Gasteiger partial charge in [0, 0.05) is 16.8 Å². The molecule has 0 bridgehead atoms. The molecule has 31 heavy (non-hydrogen) atoms. The Morgan fingerprint density at radius 2 is 1.61 bits per heavy atom. The fourth-order valence-corrected chi connectivity index (χ4v) is 3.52. The van der Waals surface area contributed by atoms with Crippen LogP contribution in [0.1, 0.15) is 60.7 Å². The predicted molar refractivity (Wildman–Crippen MR) is 126 cm³/mol. The number of hydrogen-bond donors (Lipinski definition) is 1. The summed E-state index contributed by atoms with van der Waals surface area (Å²) >= 11 is 0. The minimum Gasteiger partial charge on any atom is -0.493 e. The molecular formula is C27H31NO3. The second-order valence-electron chi connectivity index (χ2n) is 7.70. The van der Waals surface area contributed by atoms with Crippen molar-refractivity contribution in [2.45, 2.75) is 46.6 Å². The molecule has 3 aromatic rings. The Bertz CT molecular complexity index is 1030. The first kappa shape index (κ1) is 22.4. The van der Waals surface area contributed by atoms with Crippen LogP contribution >= 0.6 is 0 Å². The van der Waals surface area contributed by atoms with E-state index in [0.717, 1.165) is 40.3 Å². The second kappa shape index (κ2) is 10.7. The minimum atomic E-state index is -0.146. The molecule has 0 saturated carbocycles. The number of rotatable bonds is 9. The van der Waals surface area contributed by atoms with Crippen LogP contribution in [0.15, 0.2) is 66.7 Å². The monoisotopic (exact) mass is 417 g/mol. The van der Waals surface area contributed by atoms with Crippen molar-refractivity contribution >= 4 is 11.6 Å². The van der Waals surface area contributed by atoms with E-state index in [-0.39, 0.29) is 5.91 Å². The van der Waals surface area contributed by atoms with Crippen LogP contribution in [0, 0.1) is 0 Å². The van der Waals surface area contributed by atoms with Crippen LogP contribution in [0.2, 0.25) is 0 Å². The van der Waals surface area contributed by atoms with Crippen molar-refractivity contribution < 1.29 is 14.3 Å². The lowest BCUT2D eigenvalue weighted by Crippen LogP contribution is -2.14. The zero-order valence-corrected chi connectivity index (χ0v) is 18.8. The van der Waals surface area contributed by atoms with Gasteiger partial charge in [0.25, 0.3) is 5.91 Å². The van der Waals surface area contributed by atoms with E-state index in [9.17, 15) is 4.79 Å². The van der Waals surface area contributed by atoms with Crippen molar-refractivity contribution in [1.29, 1.82) is 0 Å². The van der Waals surface area contributed by atoms with E-state index in [1.165, 1.54) is 0 Å². The van der Waals surface area contributed by atoms with Crippen LogP contribution in [0.5, 0.6) is 11.5 Å². The van der Waals surface area contributed by atoms with Gasteiger partial charge in [-0.1, -0.05) is 57.2 Å². The van der Waals surface area contributed by atoms with Crippen LogP contribution < -0.4 is 14.8 Å². The topological polar surface area (TPSA) is 47.6 Å². The Hall–Kier alpha value is -3.27. The summed E-state index contributed by atoms with van der Waals surface area (Å²) in [7, 11) is 0. The molecule has 0 radical (unpaired) electrons. The summed E-state index contributed by atoms with van der Waals surface area (Å²) in [6.45, 7) is 9.18. The highest BCUT2D eigenvalue weighted by Gasteiger charge is 2.14. The molecule has 0 unspecified atom stereocenters. The molecule has 1 N–H and O–H groups in total. The first-order chi connectivity index (χ1) is 15.0. The molecule has 3 rings (SSSR count). The normalized spacial score (nSPS) is 10.7. The summed E-state index contributed by atoms with van der Waals surface area (Å²) in [5, 5.41) is 3.03. The predicted octanol–water partition coefficient (Wildman–Crippen LogP) is 6.60. The molecule has 3 aromatic carbocycles. The highest BCUT2D eigenvalue weighted by molar-refractivity contribution is 6.04. The molecule has 0 aliphatic carbocycles. The highest BCUT2D eigenvalue weighted by Crippen LogP contribution is 2.29. The second-order valence-corrected chi connectivity index (χ2v) is 7.70. The number of carbonyl (C=O) groups is 1. The van der Waals surface area contributed by atoms with Gasteiger partial charge >= 0.3 is 0 Å². The van der Waals surface area contributed by atoms with Crippen LogP contribution in [-0.4, -0.2) is 12.5 Å². The number of ether oxygens (including phenoxy) is 2. The van der Waals surface area contributed by atoms with Crippen LogP contribution in [0.3, 0.4) is 0 Å². The molecule has 0 saturated heterocycles. The number of nitrogens with one attached hydrogen (secondary N) is 1. The minimum absolute atomic E-state index is 0.146. The molecule has 0 aliphatic heterocycles. The highest BCUT2D eigenvalue weighted by atomic mass is 16.5. The third-order valence-corrected chi connectivity index (χ3v) is 5.19. The fraction of sp³-hybridized carbons (Fsp3) is 0.296. The molecule has 0 atom stereocenters.